The molecular formula is C38H62Ni2O8P2. The Kier molecular flexibility index (Phi) is 19.6. The van der Waals surface area contributed by atoms with Gasteiger partial charge in [0, 0.05) is 23.5 Å². The maximum absolute atomic E-state index is 11.4. The number of unbranched alkanes of at least 4 members (excludes halogenated alkanes) is 2. The number of rotatable bonds is 10. The second kappa shape index (κ2) is 19.1. The van der Waals surface area contributed by atoms with Crippen LogP contribution < -0.4 is 19.6 Å². The molecule has 0 saturated carbocycles. The zero-order chi connectivity index (χ0) is 37.8. The second-order valence-corrected chi connectivity index (χ2v) is 20.4. The fraction of sp³-hybridized carbons (Fsp3) is 0.684. The van der Waals surface area contributed by atoms with Crippen LogP contribution in [0.5, 0.6) is 11.5 Å². The van der Waals surface area contributed by atoms with E-state index in [0.29, 0.717) is 35.1 Å². The molecule has 50 heavy (non-hydrogen) atoms. The van der Waals surface area contributed by atoms with Gasteiger partial charge in [-0.05, 0) is 80.7 Å². The summed E-state index contributed by atoms with van der Waals surface area (Å²) in [6, 6.07) is 3.44. The van der Waals surface area contributed by atoms with E-state index in [-0.39, 0.29) is 66.1 Å². The average molecular weight is 826 g/mol. The van der Waals surface area contributed by atoms with E-state index >= 15 is 0 Å². The van der Waals surface area contributed by atoms with Crippen molar-refractivity contribution in [2.45, 2.75) is 169 Å². The molecule has 0 aliphatic rings. The Morgan fingerprint density at radius 1 is 0.540 bits per heavy atom. The first-order valence-corrected chi connectivity index (χ1v) is 20.6. The second-order valence-electron chi connectivity index (χ2n) is 17.3. The van der Waals surface area contributed by atoms with E-state index in [2.05, 4.69) is 13.8 Å². The number of phenolic OH excluding ortho intramolecular Hbond substituents is 2. The molecule has 12 heteroatoms. The van der Waals surface area contributed by atoms with Crippen LogP contribution in [0.2, 0.25) is 0 Å². The third-order valence-corrected chi connectivity index (χ3v) is 9.86. The normalized spacial score (nSPS) is 12.8. The number of hydrogen-bond donors (Lipinski definition) is 2. The number of aromatic hydroxyl groups is 2. The molecule has 8 nitrogen and oxygen atoms in total. The first kappa shape index (κ1) is 51.4. The molecule has 0 bridgehead atoms. The van der Waals surface area contributed by atoms with Crippen molar-refractivity contribution in [3.05, 3.63) is 56.6 Å². The summed E-state index contributed by atoms with van der Waals surface area (Å²) in [6.07, 6.45) is 4.00. The van der Waals surface area contributed by atoms with Gasteiger partial charge in [-0.3, -0.25) is 0 Å². The van der Waals surface area contributed by atoms with Gasteiger partial charge in [0.15, 0.2) is 0 Å². The van der Waals surface area contributed by atoms with E-state index in [0.717, 1.165) is 47.9 Å². The van der Waals surface area contributed by atoms with Gasteiger partial charge in [-0.15, -0.1) is 0 Å². The summed E-state index contributed by atoms with van der Waals surface area (Å²) in [4.78, 5) is 45.8. The van der Waals surface area contributed by atoms with Crippen LogP contribution >= 0.6 is 15.2 Å². The Labute approximate surface area is 323 Å². The van der Waals surface area contributed by atoms with Gasteiger partial charge in [0.1, 0.15) is 11.5 Å². The van der Waals surface area contributed by atoms with Crippen molar-refractivity contribution in [2.75, 3.05) is 0 Å². The minimum Gasteiger partial charge on any atom is -0.810 e. The van der Waals surface area contributed by atoms with Gasteiger partial charge in [-0.25, -0.2) is 0 Å². The molecule has 2 N–H and O–H groups in total. The van der Waals surface area contributed by atoms with E-state index in [1.165, 1.54) is 0 Å². The minimum atomic E-state index is -4.69. The van der Waals surface area contributed by atoms with Gasteiger partial charge in [0.25, 0.3) is 0 Å². The Hall–Kier alpha value is -0.673. The van der Waals surface area contributed by atoms with Gasteiger partial charge in [0.2, 0.25) is 0 Å². The van der Waals surface area contributed by atoms with Crippen molar-refractivity contribution in [3.63, 3.8) is 0 Å². The number of phenols is 2. The van der Waals surface area contributed by atoms with Crippen molar-refractivity contribution < 1.29 is 71.9 Å². The molecule has 0 saturated heterocycles. The number of hydrogen-bond acceptors (Lipinski definition) is 8. The molecule has 0 spiro atoms. The van der Waals surface area contributed by atoms with Crippen LogP contribution in [0.4, 0.5) is 0 Å². The third-order valence-electron chi connectivity index (χ3n) is 8.40. The molecule has 0 atom stereocenters. The molecular weight excluding hydrogens is 764 g/mol. The molecule has 2 rings (SSSR count). The molecule has 0 radical (unpaired) electrons. The van der Waals surface area contributed by atoms with Gasteiger partial charge < -0.3 is 38.9 Å². The van der Waals surface area contributed by atoms with Crippen molar-refractivity contribution in [3.8, 4) is 11.5 Å². The fourth-order valence-corrected chi connectivity index (χ4v) is 7.67. The fourth-order valence-electron chi connectivity index (χ4n) is 6.27. The molecule has 2 aromatic carbocycles. The topological polar surface area (TPSA) is 167 Å². The van der Waals surface area contributed by atoms with E-state index in [1.54, 1.807) is 12.1 Å². The SMILES string of the molecule is CCCCc1c(CP(=O)([O-])[O-])cc(C(C)(C)C)c(O)c1C(C)(C)C.CCCCc1c(CP(=O)([O-])[O-])cc(C(C)(C)C)c(O)c1C(C)(C)C.[Ni+2].[Ni+2]. The standard InChI is InChI=1S/2C19H33O4P.2Ni/c2*1-8-9-10-14-13(12-24(21,22)23)11-15(18(2,3)4)17(20)16(14)19(5,6)7;;/h2*11,20H,8-10,12H2,1-7H3,(H2,21,22,23);;/q;;2*+2/p-4. The Bertz CT molecular complexity index is 1390. The quantitative estimate of drug-likeness (QED) is 0.184. The predicted molar refractivity (Wildman–Crippen MR) is 191 cm³/mol. The van der Waals surface area contributed by atoms with Gasteiger partial charge in [-0.1, -0.05) is 137 Å². The van der Waals surface area contributed by atoms with Crippen LogP contribution in [0.15, 0.2) is 12.1 Å². The Morgan fingerprint density at radius 2 is 0.800 bits per heavy atom. The zero-order valence-corrected chi connectivity index (χ0v) is 36.4. The molecule has 0 heterocycles. The van der Waals surface area contributed by atoms with E-state index in [4.69, 9.17) is 0 Å². The van der Waals surface area contributed by atoms with E-state index < -0.39 is 27.5 Å². The van der Waals surface area contributed by atoms with Crippen LogP contribution in [0, 0.1) is 0 Å². The van der Waals surface area contributed by atoms with Crippen molar-refractivity contribution in [2.24, 2.45) is 0 Å². The van der Waals surface area contributed by atoms with Crippen LogP contribution in [0.3, 0.4) is 0 Å². The molecule has 0 unspecified atom stereocenters. The maximum Gasteiger partial charge on any atom is 2.00 e. The van der Waals surface area contributed by atoms with Crippen LogP contribution in [-0.4, -0.2) is 10.2 Å². The van der Waals surface area contributed by atoms with Gasteiger partial charge >= 0.3 is 33.0 Å². The zero-order valence-electron chi connectivity index (χ0n) is 32.7. The number of benzene rings is 2. The Morgan fingerprint density at radius 3 is 0.980 bits per heavy atom. The summed E-state index contributed by atoms with van der Waals surface area (Å²) in [5, 5.41) is 21.9. The first-order chi connectivity index (χ1) is 21.4. The molecule has 0 aromatic heterocycles. The van der Waals surface area contributed by atoms with Crippen molar-refractivity contribution in [1.82, 2.24) is 0 Å². The van der Waals surface area contributed by atoms with Crippen molar-refractivity contribution >= 4 is 15.2 Å². The minimum absolute atomic E-state index is 0. The molecule has 0 fully saturated rings. The Balaban J connectivity index is 0. The average Bonchev–Trinajstić information content (AvgIpc) is 2.84. The third kappa shape index (κ3) is 15.4. The smallest absolute Gasteiger partial charge is 0.810 e. The predicted octanol–water partition coefficient (Wildman–Crippen LogP) is 7.48. The molecule has 0 amide bonds. The molecule has 0 aliphatic carbocycles. The van der Waals surface area contributed by atoms with E-state index in [1.807, 2.05) is 83.1 Å². The molecule has 292 valence electrons. The molecule has 0 aliphatic heterocycles. The van der Waals surface area contributed by atoms with Gasteiger partial charge in [-0.2, -0.15) is 0 Å². The maximum atomic E-state index is 11.4. The summed E-state index contributed by atoms with van der Waals surface area (Å²) in [7, 11) is -9.38. The van der Waals surface area contributed by atoms with Crippen LogP contribution in [-0.2, 0) is 88.9 Å². The summed E-state index contributed by atoms with van der Waals surface area (Å²) < 4.78 is 22.9. The summed E-state index contributed by atoms with van der Waals surface area (Å²) in [5.41, 5.74) is 4.26. The van der Waals surface area contributed by atoms with Crippen molar-refractivity contribution in [1.29, 1.82) is 0 Å². The first-order valence-electron chi connectivity index (χ1n) is 17.2. The largest absolute Gasteiger partial charge is 2.00 e. The van der Waals surface area contributed by atoms with E-state index in [9.17, 15) is 38.9 Å². The summed E-state index contributed by atoms with van der Waals surface area (Å²) >= 11 is 0. The van der Waals surface area contributed by atoms with Gasteiger partial charge in [0.05, 0.1) is 0 Å². The van der Waals surface area contributed by atoms with Crippen LogP contribution in [0.1, 0.15) is 167 Å². The molecule has 2 aromatic rings. The summed E-state index contributed by atoms with van der Waals surface area (Å²) in [5.74, 6) is 0.466. The van der Waals surface area contributed by atoms with Crippen LogP contribution in [0.25, 0.3) is 0 Å². The monoisotopic (exact) mass is 824 g/mol. The summed E-state index contributed by atoms with van der Waals surface area (Å²) in [6.45, 7) is 28.0.